The summed E-state index contributed by atoms with van der Waals surface area (Å²) in [6, 6.07) is 0. The van der Waals surface area contributed by atoms with Crippen LogP contribution in [0.3, 0.4) is 0 Å². The third kappa shape index (κ3) is 1.52. The van der Waals surface area contributed by atoms with Crippen LogP contribution in [0.1, 0.15) is 33.6 Å². The Morgan fingerprint density at radius 1 is 1.50 bits per heavy atom. The highest BCUT2D eigenvalue weighted by Crippen LogP contribution is 2.38. The third-order valence-electron chi connectivity index (χ3n) is 2.72. The average molecular weight is 168 g/mol. The molecule has 0 aromatic carbocycles. The normalized spacial score (nSPS) is 29.1. The van der Waals surface area contributed by atoms with Crippen LogP contribution in [-0.2, 0) is 4.79 Å². The van der Waals surface area contributed by atoms with E-state index in [9.17, 15) is 4.79 Å². The highest BCUT2D eigenvalue weighted by atomic mass is 16.4. The van der Waals surface area contributed by atoms with Crippen LogP contribution in [0.25, 0.3) is 0 Å². The van der Waals surface area contributed by atoms with E-state index < -0.39 is 5.97 Å². The molecular formula is C10H16O2. The minimum Gasteiger partial charge on any atom is -0.481 e. The van der Waals surface area contributed by atoms with Crippen LogP contribution >= 0.6 is 0 Å². The Morgan fingerprint density at radius 2 is 2.08 bits per heavy atom. The van der Waals surface area contributed by atoms with Gasteiger partial charge < -0.3 is 5.11 Å². The van der Waals surface area contributed by atoms with Crippen LogP contribution in [0.5, 0.6) is 0 Å². The van der Waals surface area contributed by atoms with Crippen molar-refractivity contribution >= 4 is 5.97 Å². The Labute approximate surface area is 73.3 Å². The Balaban J connectivity index is 2.93. The van der Waals surface area contributed by atoms with Crippen molar-refractivity contribution in [3.05, 3.63) is 11.1 Å². The van der Waals surface area contributed by atoms with E-state index in [4.69, 9.17) is 5.11 Å². The van der Waals surface area contributed by atoms with Gasteiger partial charge in [0.25, 0.3) is 0 Å². The molecule has 1 fully saturated rings. The van der Waals surface area contributed by atoms with Gasteiger partial charge in [-0.2, -0.15) is 0 Å². The smallest absolute Gasteiger partial charge is 0.310 e. The SMILES string of the molecule is CC(C)=C1CC[C@H](C)[C@H]1C(=O)O. The van der Waals surface area contributed by atoms with Gasteiger partial charge in [-0.1, -0.05) is 18.1 Å². The highest BCUT2D eigenvalue weighted by Gasteiger charge is 2.34. The van der Waals surface area contributed by atoms with Gasteiger partial charge in [-0.15, -0.1) is 0 Å². The van der Waals surface area contributed by atoms with Crippen LogP contribution in [0, 0.1) is 11.8 Å². The average Bonchev–Trinajstić information content (AvgIpc) is 2.30. The maximum absolute atomic E-state index is 10.9. The first-order chi connectivity index (χ1) is 5.54. The first-order valence-electron chi connectivity index (χ1n) is 4.43. The molecule has 1 saturated carbocycles. The summed E-state index contributed by atoms with van der Waals surface area (Å²) in [5, 5.41) is 8.97. The molecule has 0 unspecified atom stereocenters. The lowest BCUT2D eigenvalue weighted by atomic mass is 9.93. The first-order valence-corrected chi connectivity index (χ1v) is 4.43. The van der Waals surface area contributed by atoms with Crippen LogP contribution in [0.2, 0.25) is 0 Å². The molecule has 0 radical (unpaired) electrons. The molecule has 0 heterocycles. The fourth-order valence-electron chi connectivity index (χ4n) is 2.00. The third-order valence-corrected chi connectivity index (χ3v) is 2.72. The van der Waals surface area contributed by atoms with Gasteiger partial charge in [0.05, 0.1) is 5.92 Å². The maximum Gasteiger partial charge on any atom is 0.310 e. The molecule has 2 nitrogen and oxygen atoms in total. The second-order valence-corrected chi connectivity index (χ2v) is 3.86. The molecule has 68 valence electrons. The summed E-state index contributed by atoms with van der Waals surface area (Å²) < 4.78 is 0. The lowest BCUT2D eigenvalue weighted by Crippen LogP contribution is -2.18. The van der Waals surface area contributed by atoms with Gasteiger partial charge in [0.2, 0.25) is 0 Å². The molecule has 0 saturated heterocycles. The van der Waals surface area contributed by atoms with Gasteiger partial charge in [-0.05, 0) is 32.6 Å². The number of carboxylic acid groups (broad SMARTS) is 1. The molecule has 2 heteroatoms. The van der Waals surface area contributed by atoms with Crippen LogP contribution < -0.4 is 0 Å². The molecule has 1 aliphatic rings. The van der Waals surface area contributed by atoms with Gasteiger partial charge in [0.15, 0.2) is 0 Å². The van der Waals surface area contributed by atoms with Crippen molar-refractivity contribution < 1.29 is 9.90 Å². The van der Waals surface area contributed by atoms with Gasteiger partial charge >= 0.3 is 5.97 Å². The Bertz CT molecular complexity index is 224. The minimum absolute atomic E-state index is 0.213. The van der Waals surface area contributed by atoms with Crippen molar-refractivity contribution in [2.24, 2.45) is 11.8 Å². The Kier molecular flexibility index (Phi) is 2.55. The number of hydrogen-bond donors (Lipinski definition) is 1. The summed E-state index contributed by atoms with van der Waals surface area (Å²) in [4.78, 5) is 10.9. The second kappa shape index (κ2) is 3.30. The standard InChI is InChI=1S/C10H16O2/c1-6(2)8-5-4-7(3)9(8)10(11)12/h7,9H,4-5H2,1-3H3,(H,11,12)/t7-,9+/m0/s1. The molecule has 1 N–H and O–H groups in total. The number of carbonyl (C=O) groups is 1. The molecule has 0 aromatic heterocycles. The lowest BCUT2D eigenvalue weighted by Gasteiger charge is -2.12. The zero-order valence-corrected chi connectivity index (χ0v) is 7.92. The summed E-state index contributed by atoms with van der Waals surface area (Å²) in [6.07, 6.45) is 2.00. The van der Waals surface area contributed by atoms with E-state index in [0.717, 1.165) is 18.4 Å². The fourth-order valence-corrected chi connectivity index (χ4v) is 2.00. The van der Waals surface area contributed by atoms with Crippen molar-refractivity contribution in [3.8, 4) is 0 Å². The second-order valence-electron chi connectivity index (χ2n) is 3.86. The van der Waals surface area contributed by atoms with Crippen molar-refractivity contribution in [2.75, 3.05) is 0 Å². The topological polar surface area (TPSA) is 37.3 Å². The quantitative estimate of drug-likeness (QED) is 0.610. The molecule has 0 aliphatic heterocycles. The van der Waals surface area contributed by atoms with E-state index in [1.807, 2.05) is 20.8 Å². The van der Waals surface area contributed by atoms with Crippen molar-refractivity contribution in [2.45, 2.75) is 33.6 Å². The summed E-state index contributed by atoms with van der Waals surface area (Å²) in [5.74, 6) is -0.557. The van der Waals surface area contributed by atoms with E-state index >= 15 is 0 Å². The van der Waals surface area contributed by atoms with Crippen molar-refractivity contribution in [1.29, 1.82) is 0 Å². The molecule has 0 spiro atoms. The Hall–Kier alpha value is -0.790. The molecule has 0 amide bonds. The van der Waals surface area contributed by atoms with Crippen LogP contribution in [-0.4, -0.2) is 11.1 Å². The molecule has 12 heavy (non-hydrogen) atoms. The number of carboxylic acids is 1. The summed E-state index contributed by atoms with van der Waals surface area (Å²) in [5.41, 5.74) is 2.33. The van der Waals surface area contributed by atoms with E-state index in [1.165, 1.54) is 5.57 Å². The monoisotopic (exact) mass is 168 g/mol. The summed E-state index contributed by atoms with van der Waals surface area (Å²) >= 11 is 0. The zero-order chi connectivity index (χ0) is 9.30. The lowest BCUT2D eigenvalue weighted by molar-refractivity contribution is -0.141. The van der Waals surface area contributed by atoms with Gasteiger partial charge in [0.1, 0.15) is 0 Å². The van der Waals surface area contributed by atoms with E-state index in [0.29, 0.717) is 5.92 Å². The summed E-state index contributed by atoms with van der Waals surface area (Å²) in [7, 11) is 0. The van der Waals surface area contributed by atoms with E-state index in [1.54, 1.807) is 0 Å². The first kappa shape index (κ1) is 9.30. The largest absolute Gasteiger partial charge is 0.481 e. The molecule has 1 rings (SSSR count). The van der Waals surface area contributed by atoms with E-state index in [2.05, 4.69) is 0 Å². The van der Waals surface area contributed by atoms with Gasteiger partial charge in [0, 0.05) is 0 Å². The molecule has 0 bridgehead atoms. The minimum atomic E-state index is -0.656. The van der Waals surface area contributed by atoms with Crippen LogP contribution in [0.4, 0.5) is 0 Å². The number of aliphatic carboxylic acids is 1. The predicted octanol–water partition coefficient (Wildman–Crippen LogP) is 2.45. The Morgan fingerprint density at radius 3 is 2.42 bits per heavy atom. The predicted molar refractivity (Wildman–Crippen MR) is 47.9 cm³/mol. The van der Waals surface area contributed by atoms with Crippen LogP contribution in [0.15, 0.2) is 11.1 Å². The number of hydrogen-bond acceptors (Lipinski definition) is 1. The van der Waals surface area contributed by atoms with E-state index in [-0.39, 0.29) is 5.92 Å². The maximum atomic E-state index is 10.9. The zero-order valence-electron chi connectivity index (χ0n) is 7.92. The molecule has 0 aromatic rings. The highest BCUT2D eigenvalue weighted by molar-refractivity contribution is 5.75. The summed E-state index contributed by atoms with van der Waals surface area (Å²) in [6.45, 7) is 6.03. The molecular weight excluding hydrogens is 152 g/mol. The fraction of sp³-hybridized carbons (Fsp3) is 0.700. The number of allylic oxidation sites excluding steroid dienone is 1. The van der Waals surface area contributed by atoms with Gasteiger partial charge in [-0.3, -0.25) is 4.79 Å². The van der Waals surface area contributed by atoms with Crippen molar-refractivity contribution in [1.82, 2.24) is 0 Å². The molecule has 1 aliphatic carbocycles. The number of rotatable bonds is 1. The molecule has 2 atom stereocenters. The van der Waals surface area contributed by atoms with Gasteiger partial charge in [-0.25, -0.2) is 0 Å². The van der Waals surface area contributed by atoms with Crippen molar-refractivity contribution in [3.63, 3.8) is 0 Å².